The molecule has 96 valence electrons. The lowest BCUT2D eigenvalue weighted by Gasteiger charge is -2.02. The number of nitrogens with two attached hydrogens (primary N) is 1. The molecule has 0 aromatic carbocycles. The van der Waals surface area contributed by atoms with E-state index in [9.17, 15) is 0 Å². The summed E-state index contributed by atoms with van der Waals surface area (Å²) in [5, 5.41) is 1.10. The fourth-order valence-corrected chi connectivity index (χ4v) is 2.63. The summed E-state index contributed by atoms with van der Waals surface area (Å²) in [5.41, 5.74) is 5.60. The molecule has 0 amide bonds. The SMILES string of the molecule is CCCCCCCCSc1nc(N)cc(Cl)n1. The fourth-order valence-electron chi connectivity index (χ4n) is 1.52. The van der Waals surface area contributed by atoms with E-state index >= 15 is 0 Å². The minimum absolute atomic E-state index is 0.419. The molecule has 2 N–H and O–H groups in total. The third kappa shape index (κ3) is 6.74. The monoisotopic (exact) mass is 273 g/mol. The van der Waals surface area contributed by atoms with Crippen LogP contribution in [0.2, 0.25) is 5.15 Å². The fraction of sp³-hybridized carbons (Fsp3) is 0.667. The van der Waals surface area contributed by atoms with Gasteiger partial charge in [-0.15, -0.1) is 0 Å². The average molecular weight is 274 g/mol. The molecule has 0 saturated heterocycles. The van der Waals surface area contributed by atoms with Gasteiger partial charge in [-0.05, 0) is 6.42 Å². The first-order valence-corrected chi connectivity index (χ1v) is 7.51. The third-order valence-electron chi connectivity index (χ3n) is 2.42. The molecule has 5 heteroatoms. The molecule has 1 heterocycles. The first-order chi connectivity index (χ1) is 8.22. The minimum atomic E-state index is 0.419. The van der Waals surface area contributed by atoms with E-state index < -0.39 is 0 Å². The lowest BCUT2D eigenvalue weighted by Crippen LogP contribution is -1.95. The summed E-state index contributed by atoms with van der Waals surface area (Å²) in [6.45, 7) is 2.23. The molecule has 3 nitrogen and oxygen atoms in total. The van der Waals surface area contributed by atoms with E-state index in [1.165, 1.54) is 38.5 Å². The quantitative estimate of drug-likeness (QED) is 0.334. The van der Waals surface area contributed by atoms with Crippen molar-refractivity contribution in [2.75, 3.05) is 11.5 Å². The Hall–Kier alpha value is -0.480. The highest BCUT2D eigenvalue weighted by Crippen LogP contribution is 2.19. The molecular weight excluding hydrogens is 254 g/mol. The maximum atomic E-state index is 5.80. The zero-order valence-electron chi connectivity index (χ0n) is 10.3. The van der Waals surface area contributed by atoms with Crippen molar-refractivity contribution in [2.24, 2.45) is 0 Å². The summed E-state index contributed by atoms with van der Waals surface area (Å²) < 4.78 is 0. The van der Waals surface area contributed by atoms with Gasteiger partial charge in [0.05, 0.1) is 0 Å². The molecule has 0 saturated carbocycles. The second-order valence-corrected chi connectivity index (χ2v) is 5.46. The number of rotatable bonds is 8. The molecule has 0 spiro atoms. The molecule has 1 aromatic heterocycles. The molecule has 17 heavy (non-hydrogen) atoms. The Balaban J connectivity index is 2.13. The maximum absolute atomic E-state index is 5.80. The van der Waals surface area contributed by atoms with Crippen molar-refractivity contribution in [3.05, 3.63) is 11.2 Å². The number of halogens is 1. The van der Waals surface area contributed by atoms with Gasteiger partial charge in [0.1, 0.15) is 11.0 Å². The summed E-state index contributed by atoms with van der Waals surface area (Å²) in [6, 6.07) is 1.57. The van der Waals surface area contributed by atoms with Crippen LogP contribution in [-0.2, 0) is 0 Å². The minimum Gasteiger partial charge on any atom is -0.384 e. The molecule has 0 bridgehead atoms. The highest BCUT2D eigenvalue weighted by molar-refractivity contribution is 7.99. The lowest BCUT2D eigenvalue weighted by molar-refractivity contribution is 0.627. The maximum Gasteiger partial charge on any atom is 0.190 e. The van der Waals surface area contributed by atoms with Crippen molar-refractivity contribution >= 4 is 29.2 Å². The standard InChI is InChI=1S/C12H20ClN3S/c1-2-3-4-5-6-7-8-17-12-15-10(13)9-11(14)16-12/h9H,2-8H2,1H3,(H2,14,15,16). The van der Waals surface area contributed by atoms with Gasteiger partial charge in [-0.25, -0.2) is 9.97 Å². The summed E-state index contributed by atoms with van der Waals surface area (Å²) in [5.74, 6) is 1.47. The van der Waals surface area contributed by atoms with E-state index in [1.54, 1.807) is 17.8 Å². The van der Waals surface area contributed by atoms with E-state index in [4.69, 9.17) is 17.3 Å². The molecule has 0 fully saturated rings. The van der Waals surface area contributed by atoms with Crippen LogP contribution in [0.4, 0.5) is 5.82 Å². The molecule has 0 aliphatic heterocycles. The molecule has 0 aliphatic carbocycles. The van der Waals surface area contributed by atoms with Crippen LogP contribution in [0, 0.1) is 0 Å². The predicted octanol–water partition coefficient (Wildman–Crippen LogP) is 4.16. The number of nitrogen functional groups attached to an aromatic ring is 1. The topological polar surface area (TPSA) is 51.8 Å². The van der Waals surface area contributed by atoms with Gasteiger partial charge in [0.2, 0.25) is 0 Å². The van der Waals surface area contributed by atoms with E-state index in [2.05, 4.69) is 16.9 Å². The Morgan fingerprint density at radius 1 is 1.18 bits per heavy atom. The zero-order valence-corrected chi connectivity index (χ0v) is 11.9. The van der Waals surface area contributed by atoms with Crippen LogP contribution in [0.1, 0.15) is 45.4 Å². The number of unbranched alkanes of at least 4 members (excludes halogenated alkanes) is 5. The number of thioether (sulfide) groups is 1. The highest BCUT2D eigenvalue weighted by Gasteiger charge is 2.01. The van der Waals surface area contributed by atoms with Crippen LogP contribution in [0.25, 0.3) is 0 Å². The molecule has 0 atom stereocenters. The Bertz CT molecular complexity index is 313. The van der Waals surface area contributed by atoms with Gasteiger partial charge in [-0.3, -0.25) is 0 Å². The summed E-state index contributed by atoms with van der Waals surface area (Å²) in [4.78, 5) is 8.24. The van der Waals surface area contributed by atoms with E-state index in [0.29, 0.717) is 16.1 Å². The Morgan fingerprint density at radius 2 is 1.88 bits per heavy atom. The van der Waals surface area contributed by atoms with Gasteiger partial charge in [0.15, 0.2) is 5.16 Å². The molecule has 1 aromatic rings. The second-order valence-electron chi connectivity index (χ2n) is 4.01. The van der Waals surface area contributed by atoms with Crippen molar-refractivity contribution in [1.82, 2.24) is 9.97 Å². The number of hydrogen-bond donors (Lipinski definition) is 1. The molecule has 0 aliphatic rings. The van der Waals surface area contributed by atoms with Crippen molar-refractivity contribution in [3.63, 3.8) is 0 Å². The van der Waals surface area contributed by atoms with Crippen molar-refractivity contribution in [1.29, 1.82) is 0 Å². The summed E-state index contributed by atoms with van der Waals surface area (Å²) in [6.07, 6.45) is 7.80. The van der Waals surface area contributed by atoms with Crippen molar-refractivity contribution in [3.8, 4) is 0 Å². The average Bonchev–Trinajstić information content (AvgIpc) is 2.26. The Kier molecular flexibility index (Phi) is 7.37. The molecule has 1 rings (SSSR count). The van der Waals surface area contributed by atoms with Crippen molar-refractivity contribution in [2.45, 2.75) is 50.6 Å². The van der Waals surface area contributed by atoms with Gasteiger partial charge in [-0.1, -0.05) is 62.4 Å². The smallest absolute Gasteiger partial charge is 0.190 e. The third-order valence-corrected chi connectivity index (χ3v) is 3.55. The molecular formula is C12H20ClN3S. The number of aromatic nitrogens is 2. The zero-order chi connectivity index (χ0) is 12.5. The number of hydrogen-bond acceptors (Lipinski definition) is 4. The van der Waals surface area contributed by atoms with Crippen LogP contribution in [-0.4, -0.2) is 15.7 Å². The second kappa shape index (κ2) is 8.59. The lowest BCUT2D eigenvalue weighted by atomic mass is 10.1. The molecule has 0 unspecified atom stereocenters. The van der Waals surface area contributed by atoms with Crippen LogP contribution >= 0.6 is 23.4 Å². The van der Waals surface area contributed by atoms with Gasteiger partial charge >= 0.3 is 0 Å². The Morgan fingerprint density at radius 3 is 2.59 bits per heavy atom. The summed E-state index contributed by atoms with van der Waals surface area (Å²) in [7, 11) is 0. The van der Waals surface area contributed by atoms with Crippen LogP contribution in [0.3, 0.4) is 0 Å². The van der Waals surface area contributed by atoms with Crippen molar-refractivity contribution < 1.29 is 0 Å². The number of anilines is 1. The van der Waals surface area contributed by atoms with Crippen LogP contribution in [0.15, 0.2) is 11.2 Å². The number of nitrogens with zero attached hydrogens (tertiary/aromatic N) is 2. The van der Waals surface area contributed by atoms with Crippen LogP contribution in [0.5, 0.6) is 0 Å². The van der Waals surface area contributed by atoms with E-state index in [-0.39, 0.29) is 0 Å². The Labute approximate surface area is 113 Å². The van der Waals surface area contributed by atoms with Gasteiger partial charge in [0, 0.05) is 11.8 Å². The largest absolute Gasteiger partial charge is 0.384 e. The van der Waals surface area contributed by atoms with Crippen LogP contribution < -0.4 is 5.73 Å². The first kappa shape index (κ1) is 14.6. The first-order valence-electron chi connectivity index (χ1n) is 6.15. The van der Waals surface area contributed by atoms with E-state index in [1.807, 2.05) is 0 Å². The predicted molar refractivity (Wildman–Crippen MR) is 75.6 cm³/mol. The van der Waals surface area contributed by atoms with Gasteiger partial charge in [0.25, 0.3) is 0 Å². The van der Waals surface area contributed by atoms with Gasteiger partial charge < -0.3 is 5.73 Å². The van der Waals surface area contributed by atoms with E-state index in [0.717, 1.165) is 5.75 Å². The highest BCUT2D eigenvalue weighted by atomic mass is 35.5. The molecule has 0 radical (unpaired) electrons. The summed E-state index contributed by atoms with van der Waals surface area (Å²) >= 11 is 7.43. The van der Waals surface area contributed by atoms with Gasteiger partial charge in [-0.2, -0.15) is 0 Å². The normalized spacial score (nSPS) is 10.7.